The molecule has 1 heterocycles. The van der Waals surface area contributed by atoms with Crippen LogP contribution >= 0.6 is 0 Å². The van der Waals surface area contributed by atoms with Gasteiger partial charge in [0.15, 0.2) is 0 Å². The molecule has 1 fully saturated rings. The highest BCUT2D eigenvalue weighted by Crippen LogP contribution is 2.55. The van der Waals surface area contributed by atoms with E-state index in [-0.39, 0.29) is 39.7 Å². The van der Waals surface area contributed by atoms with E-state index in [9.17, 15) is 19.8 Å². The number of carbonyl (C=O) groups is 2. The molecule has 0 amide bonds. The van der Waals surface area contributed by atoms with E-state index in [0.29, 0.717) is 23.7 Å². The highest BCUT2D eigenvalue weighted by atomic mass is 16.5. The maximum Gasteiger partial charge on any atom is 0.234 e. The van der Waals surface area contributed by atoms with Crippen LogP contribution in [0.1, 0.15) is 88.7 Å². The summed E-state index contributed by atoms with van der Waals surface area (Å²) in [6.45, 7) is 12.3. The lowest BCUT2D eigenvalue weighted by molar-refractivity contribution is -0.111. The Bertz CT molecular complexity index is 1060. The molecule has 0 bridgehead atoms. The van der Waals surface area contributed by atoms with Gasteiger partial charge in [-0.2, -0.15) is 0 Å². The standard InChI is InChI=1S/C26H32O5/c1-13-8-7-10-25(13,5)14(2)9-11-26(6)16(4)31-24-19-17(12-18(27)20(24)26)23(30)22(29)15(3)21(19)28/h9,12-13,16,27-28H,7-8,10-11H2,1-6H3/b14-9-/t13?,16-,25?,26-/m1/s1. The fraction of sp³-hybridized carbons (Fsp3) is 0.538. The molecule has 1 saturated carbocycles. The van der Waals surface area contributed by atoms with Gasteiger partial charge in [0.05, 0.1) is 5.56 Å². The van der Waals surface area contributed by atoms with Gasteiger partial charge >= 0.3 is 0 Å². The molecule has 0 radical (unpaired) electrons. The second-order valence-corrected chi connectivity index (χ2v) is 10.1. The number of phenols is 1. The van der Waals surface area contributed by atoms with Gasteiger partial charge in [-0.25, -0.2) is 0 Å². The Morgan fingerprint density at radius 2 is 1.90 bits per heavy atom. The zero-order chi connectivity index (χ0) is 22.9. The van der Waals surface area contributed by atoms with E-state index >= 15 is 0 Å². The first-order chi connectivity index (χ1) is 14.4. The molecule has 1 aliphatic heterocycles. The van der Waals surface area contributed by atoms with Crippen molar-refractivity contribution in [1.82, 2.24) is 0 Å². The first-order valence-electron chi connectivity index (χ1n) is 11.2. The molecule has 5 nitrogen and oxygen atoms in total. The third-order valence-electron chi connectivity index (χ3n) is 8.56. The van der Waals surface area contributed by atoms with Crippen LogP contribution in [0.5, 0.6) is 11.5 Å². The lowest BCUT2D eigenvalue weighted by atomic mass is 9.71. The van der Waals surface area contributed by atoms with Crippen molar-refractivity contribution in [2.75, 3.05) is 0 Å². The van der Waals surface area contributed by atoms with E-state index in [2.05, 4.69) is 26.8 Å². The van der Waals surface area contributed by atoms with Gasteiger partial charge in [0.2, 0.25) is 11.6 Å². The lowest BCUT2D eigenvalue weighted by Gasteiger charge is -2.33. The molecule has 2 N–H and O–H groups in total. The van der Waals surface area contributed by atoms with E-state index < -0.39 is 17.0 Å². The van der Waals surface area contributed by atoms with E-state index in [0.717, 1.165) is 0 Å². The van der Waals surface area contributed by atoms with Crippen molar-refractivity contribution in [3.8, 4) is 11.5 Å². The summed E-state index contributed by atoms with van der Waals surface area (Å²) in [5.41, 5.74) is 1.83. The van der Waals surface area contributed by atoms with E-state index in [1.165, 1.54) is 37.8 Å². The topological polar surface area (TPSA) is 83.8 Å². The monoisotopic (exact) mass is 424 g/mol. The van der Waals surface area contributed by atoms with Gasteiger partial charge in [-0.3, -0.25) is 9.59 Å². The summed E-state index contributed by atoms with van der Waals surface area (Å²) in [5, 5.41) is 21.6. The first kappa shape index (κ1) is 21.7. The van der Waals surface area contributed by atoms with Crippen molar-refractivity contribution in [3.63, 3.8) is 0 Å². The van der Waals surface area contributed by atoms with Crippen LogP contribution in [-0.4, -0.2) is 27.9 Å². The molecular formula is C26H32O5. The number of phenolic OH excluding ortho intramolecular Hbond substituents is 1. The summed E-state index contributed by atoms with van der Waals surface area (Å²) in [7, 11) is 0. The Hall–Kier alpha value is -2.56. The van der Waals surface area contributed by atoms with E-state index in [1.54, 1.807) is 0 Å². The lowest BCUT2D eigenvalue weighted by Crippen LogP contribution is -2.32. The predicted molar refractivity (Wildman–Crippen MR) is 120 cm³/mol. The van der Waals surface area contributed by atoms with Gasteiger partial charge < -0.3 is 14.9 Å². The summed E-state index contributed by atoms with van der Waals surface area (Å²) >= 11 is 0. The molecular weight excluding hydrogens is 392 g/mol. The Morgan fingerprint density at radius 1 is 1.23 bits per heavy atom. The fourth-order valence-corrected chi connectivity index (χ4v) is 5.62. The molecule has 3 aliphatic rings. The van der Waals surface area contributed by atoms with Gasteiger partial charge in [0.25, 0.3) is 0 Å². The number of rotatable bonds is 3. The molecule has 166 valence electrons. The van der Waals surface area contributed by atoms with Crippen LogP contribution < -0.4 is 4.74 Å². The number of Topliss-reactive ketones (excluding diaryl/α,β-unsaturated/α-hetero) is 2. The van der Waals surface area contributed by atoms with Crippen LogP contribution in [0, 0.1) is 11.3 Å². The second-order valence-electron chi connectivity index (χ2n) is 10.1. The summed E-state index contributed by atoms with van der Waals surface area (Å²) in [5.74, 6) is -0.848. The summed E-state index contributed by atoms with van der Waals surface area (Å²) in [6, 6.07) is 1.31. The number of hydrogen-bond acceptors (Lipinski definition) is 5. The van der Waals surface area contributed by atoms with Crippen LogP contribution in [-0.2, 0) is 10.2 Å². The van der Waals surface area contributed by atoms with Crippen molar-refractivity contribution >= 4 is 17.3 Å². The van der Waals surface area contributed by atoms with Gasteiger partial charge in [0.1, 0.15) is 23.4 Å². The fourth-order valence-electron chi connectivity index (χ4n) is 5.62. The third kappa shape index (κ3) is 2.89. The van der Waals surface area contributed by atoms with E-state index in [1.807, 2.05) is 13.8 Å². The molecule has 4 atom stereocenters. The number of benzene rings is 1. The van der Waals surface area contributed by atoms with Crippen molar-refractivity contribution in [1.29, 1.82) is 0 Å². The quantitative estimate of drug-likeness (QED) is 0.484. The van der Waals surface area contributed by atoms with Crippen molar-refractivity contribution < 1.29 is 24.5 Å². The molecule has 0 spiro atoms. The van der Waals surface area contributed by atoms with Crippen LogP contribution in [0.25, 0.3) is 5.76 Å². The SMILES string of the molecule is CC1=C(O)c2c(cc(O)c3c2O[C@H](C)[C@@]3(C)C/C=C(/C)C2(C)CCCC2C)C(=O)C1=O. The third-order valence-corrected chi connectivity index (χ3v) is 8.56. The molecule has 31 heavy (non-hydrogen) atoms. The normalized spacial score (nSPS) is 32.9. The number of carbonyl (C=O) groups excluding carboxylic acids is 2. The minimum Gasteiger partial charge on any atom is -0.507 e. The molecule has 1 aromatic carbocycles. The summed E-state index contributed by atoms with van der Waals surface area (Å²) in [4.78, 5) is 24.7. The molecule has 4 rings (SSSR count). The number of fused-ring (bicyclic) bond motifs is 3. The van der Waals surface area contributed by atoms with Gasteiger partial charge in [-0.15, -0.1) is 0 Å². The number of aliphatic hydroxyl groups is 1. The average molecular weight is 425 g/mol. The van der Waals surface area contributed by atoms with Crippen molar-refractivity contribution in [3.05, 3.63) is 40.0 Å². The molecule has 2 aliphatic carbocycles. The summed E-state index contributed by atoms with van der Waals surface area (Å²) in [6.07, 6.45) is 6.32. The highest BCUT2D eigenvalue weighted by molar-refractivity contribution is 6.52. The van der Waals surface area contributed by atoms with Crippen LogP contribution in [0.2, 0.25) is 0 Å². The molecule has 0 aromatic heterocycles. The second kappa shape index (κ2) is 6.98. The van der Waals surface area contributed by atoms with Crippen molar-refractivity contribution in [2.45, 2.75) is 78.7 Å². The van der Waals surface area contributed by atoms with Crippen LogP contribution in [0.3, 0.4) is 0 Å². The largest absolute Gasteiger partial charge is 0.507 e. The predicted octanol–water partition coefficient (Wildman–Crippen LogP) is 5.65. The highest BCUT2D eigenvalue weighted by Gasteiger charge is 2.48. The van der Waals surface area contributed by atoms with Crippen LogP contribution in [0.4, 0.5) is 0 Å². The minimum absolute atomic E-state index is 0.000172. The zero-order valence-electron chi connectivity index (χ0n) is 19.3. The van der Waals surface area contributed by atoms with E-state index in [4.69, 9.17) is 4.74 Å². The van der Waals surface area contributed by atoms with Gasteiger partial charge in [-0.1, -0.05) is 38.8 Å². The number of ketones is 2. The number of ether oxygens (including phenoxy) is 1. The van der Waals surface area contributed by atoms with Crippen molar-refractivity contribution in [2.24, 2.45) is 11.3 Å². The van der Waals surface area contributed by atoms with Crippen LogP contribution in [0.15, 0.2) is 23.3 Å². The Kier molecular flexibility index (Phi) is 4.87. The molecule has 0 saturated heterocycles. The van der Waals surface area contributed by atoms with Gasteiger partial charge in [0, 0.05) is 22.1 Å². The number of allylic oxidation sites excluding steroid dienone is 3. The maximum atomic E-state index is 12.5. The zero-order valence-corrected chi connectivity index (χ0v) is 19.3. The molecule has 2 unspecified atom stereocenters. The average Bonchev–Trinajstić information content (AvgIpc) is 3.20. The van der Waals surface area contributed by atoms with Gasteiger partial charge in [-0.05, 0) is 57.4 Å². The number of aromatic hydroxyl groups is 1. The Balaban J connectivity index is 1.81. The first-order valence-corrected chi connectivity index (χ1v) is 11.2. The molecule has 5 heteroatoms. The smallest absolute Gasteiger partial charge is 0.234 e. The Morgan fingerprint density at radius 3 is 2.52 bits per heavy atom. The minimum atomic E-state index is -0.754. The Labute approximate surface area is 183 Å². The number of hydrogen-bond donors (Lipinski definition) is 2. The summed E-state index contributed by atoms with van der Waals surface area (Å²) < 4.78 is 6.16. The number of aliphatic hydroxyl groups excluding tert-OH is 1. The maximum absolute atomic E-state index is 12.5. The molecule has 1 aromatic rings.